The topological polar surface area (TPSA) is 64.0 Å². The van der Waals surface area contributed by atoms with E-state index in [9.17, 15) is 9.59 Å². The highest BCUT2D eigenvalue weighted by Gasteiger charge is 2.25. The molecule has 0 aliphatic carbocycles. The molecule has 2 heterocycles. The van der Waals surface area contributed by atoms with E-state index in [1.807, 2.05) is 30.3 Å². The molecule has 3 rings (SSSR count). The normalized spacial score (nSPS) is 16.9. The van der Waals surface area contributed by atoms with Gasteiger partial charge in [-0.2, -0.15) is 5.10 Å². The summed E-state index contributed by atoms with van der Waals surface area (Å²) in [4.78, 5) is 22.9. The lowest BCUT2D eigenvalue weighted by Crippen LogP contribution is -2.17. The number of rotatable bonds is 2. The van der Waals surface area contributed by atoms with E-state index in [1.165, 1.54) is 0 Å². The molecule has 1 aliphatic heterocycles. The van der Waals surface area contributed by atoms with Crippen LogP contribution in [0.5, 0.6) is 0 Å². The molecule has 1 fully saturated rings. The first kappa shape index (κ1) is 11.7. The van der Waals surface area contributed by atoms with Crippen LogP contribution in [0.25, 0.3) is 11.8 Å². The summed E-state index contributed by atoms with van der Waals surface area (Å²) in [5.74, 6) is -0.359. The van der Waals surface area contributed by atoms with Crippen LogP contribution in [0.15, 0.2) is 47.6 Å². The fraction of sp³-hybridized carbons (Fsp3) is 0. The maximum Gasteiger partial charge on any atom is 0.290 e. The lowest BCUT2D eigenvalue weighted by molar-refractivity contribution is -0.115. The molecule has 1 aliphatic rings. The number of nitrogens with one attached hydrogen (secondary N) is 1. The maximum atomic E-state index is 11.4. The van der Waals surface area contributed by atoms with Crippen molar-refractivity contribution in [2.24, 2.45) is 0 Å². The monoisotopic (exact) mass is 271 g/mol. The fourth-order valence-electron chi connectivity index (χ4n) is 1.71. The second-order valence-electron chi connectivity index (χ2n) is 3.91. The molecule has 0 atom stereocenters. The van der Waals surface area contributed by atoms with Crippen LogP contribution in [-0.2, 0) is 4.79 Å². The van der Waals surface area contributed by atoms with Crippen LogP contribution in [-0.4, -0.2) is 20.9 Å². The molecule has 0 bridgehead atoms. The minimum absolute atomic E-state index is 0.341. The van der Waals surface area contributed by atoms with Crippen molar-refractivity contribution >= 4 is 29.0 Å². The standard InChI is InChI=1S/C13H9N3O2S/c17-12-11(19-13(18)15-12)6-9-7-14-16(8-9)10-4-2-1-3-5-10/h1-8H,(H,15,17,18). The van der Waals surface area contributed by atoms with Gasteiger partial charge in [-0.3, -0.25) is 14.9 Å². The Labute approximate surface area is 113 Å². The molecule has 1 aromatic heterocycles. The van der Waals surface area contributed by atoms with Gasteiger partial charge >= 0.3 is 0 Å². The third-order valence-corrected chi connectivity index (χ3v) is 3.37. The number of nitrogens with zero attached hydrogens (tertiary/aromatic N) is 2. The van der Waals surface area contributed by atoms with Gasteiger partial charge in [-0.1, -0.05) is 18.2 Å². The lowest BCUT2D eigenvalue weighted by Gasteiger charge is -1.98. The highest BCUT2D eigenvalue weighted by molar-refractivity contribution is 8.18. The first-order valence-electron chi connectivity index (χ1n) is 5.57. The Morgan fingerprint density at radius 2 is 2.00 bits per heavy atom. The molecule has 0 spiro atoms. The zero-order valence-electron chi connectivity index (χ0n) is 9.74. The van der Waals surface area contributed by atoms with Gasteiger partial charge in [0.1, 0.15) is 0 Å². The molecule has 5 nitrogen and oxygen atoms in total. The lowest BCUT2D eigenvalue weighted by atomic mass is 10.3. The SMILES string of the molecule is O=C1NC(=O)C(=Cc2cnn(-c3ccccc3)c2)S1. The average Bonchev–Trinajstić information content (AvgIpc) is 2.99. The van der Waals surface area contributed by atoms with Crippen LogP contribution >= 0.6 is 11.8 Å². The quantitative estimate of drug-likeness (QED) is 0.850. The molecule has 0 saturated carbocycles. The summed E-state index contributed by atoms with van der Waals surface area (Å²) in [6, 6.07) is 9.65. The highest BCUT2D eigenvalue weighted by Crippen LogP contribution is 2.25. The van der Waals surface area contributed by atoms with Gasteiger partial charge in [0.15, 0.2) is 0 Å². The minimum atomic E-state index is -0.359. The van der Waals surface area contributed by atoms with Crippen LogP contribution in [0.4, 0.5) is 4.79 Å². The Morgan fingerprint density at radius 3 is 2.68 bits per heavy atom. The van der Waals surface area contributed by atoms with Gasteiger partial charge in [0.2, 0.25) is 0 Å². The Bertz CT molecular complexity index is 676. The van der Waals surface area contributed by atoms with Crippen molar-refractivity contribution in [1.82, 2.24) is 15.1 Å². The third kappa shape index (κ3) is 2.43. The first-order valence-corrected chi connectivity index (χ1v) is 6.39. The predicted octanol–water partition coefficient (Wildman–Crippen LogP) is 2.20. The van der Waals surface area contributed by atoms with Gasteiger partial charge in [-0.15, -0.1) is 0 Å². The van der Waals surface area contributed by atoms with Crippen molar-refractivity contribution in [2.45, 2.75) is 0 Å². The Kier molecular flexibility index (Phi) is 2.92. The van der Waals surface area contributed by atoms with Gasteiger partial charge in [0.05, 0.1) is 16.8 Å². The predicted molar refractivity (Wildman–Crippen MR) is 72.7 cm³/mol. The molecular weight excluding hydrogens is 262 g/mol. The summed E-state index contributed by atoms with van der Waals surface area (Å²) in [5, 5.41) is 6.09. The number of hydrogen-bond donors (Lipinski definition) is 1. The molecule has 1 saturated heterocycles. The number of para-hydroxylation sites is 1. The molecule has 0 unspecified atom stereocenters. The van der Waals surface area contributed by atoms with Crippen molar-refractivity contribution in [3.8, 4) is 5.69 Å². The number of imide groups is 1. The van der Waals surface area contributed by atoms with Gasteiger partial charge in [0, 0.05) is 11.8 Å². The number of benzene rings is 1. The average molecular weight is 271 g/mol. The van der Waals surface area contributed by atoms with E-state index in [1.54, 1.807) is 23.2 Å². The molecule has 94 valence electrons. The molecule has 1 N–H and O–H groups in total. The molecular formula is C13H9N3O2S. The van der Waals surface area contributed by atoms with E-state index in [0.29, 0.717) is 4.91 Å². The number of carbonyl (C=O) groups is 2. The molecule has 0 radical (unpaired) electrons. The van der Waals surface area contributed by atoms with Crippen molar-refractivity contribution in [3.05, 3.63) is 53.2 Å². The van der Waals surface area contributed by atoms with Gasteiger partial charge < -0.3 is 0 Å². The largest absolute Gasteiger partial charge is 0.290 e. The number of hydrogen-bond acceptors (Lipinski definition) is 4. The van der Waals surface area contributed by atoms with E-state index in [-0.39, 0.29) is 11.1 Å². The maximum absolute atomic E-state index is 11.4. The summed E-state index contributed by atoms with van der Waals surface area (Å²) < 4.78 is 1.71. The van der Waals surface area contributed by atoms with E-state index < -0.39 is 0 Å². The summed E-state index contributed by atoms with van der Waals surface area (Å²) in [7, 11) is 0. The van der Waals surface area contributed by atoms with Gasteiger partial charge in [-0.25, -0.2) is 4.68 Å². The van der Waals surface area contributed by atoms with Crippen molar-refractivity contribution in [3.63, 3.8) is 0 Å². The highest BCUT2D eigenvalue weighted by atomic mass is 32.2. The molecule has 1 aromatic carbocycles. The van der Waals surface area contributed by atoms with Gasteiger partial charge in [0.25, 0.3) is 11.1 Å². The van der Waals surface area contributed by atoms with Crippen molar-refractivity contribution in [2.75, 3.05) is 0 Å². The zero-order valence-corrected chi connectivity index (χ0v) is 10.6. The summed E-state index contributed by atoms with van der Waals surface area (Å²) in [5.41, 5.74) is 1.71. The van der Waals surface area contributed by atoms with E-state index in [2.05, 4.69) is 10.4 Å². The summed E-state index contributed by atoms with van der Waals surface area (Å²) in [6.07, 6.45) is 5.10. The van der Waals surface area contributed by atoms with Gasteiger partial charge in [-0.05, 0) is 30.0 Å². The van der Waals surface area contributed by atoms with E-state index >= 15 is 0 Å². The number of carbonyl (C=O) groups excluding carboxylic acids is 2. The molecule has 6 heteroatoms. The first-order chi connectivity index (χ1) is 9.22. The van der Waals surface area contributed by atoms with Crippen LogP contribution < -0.4 is 5.32 Å². The second kappa shape index (κ2) is 4.74. The number of thioether (sulfide) groups is 1. The van der Waals surface area contributed by atoms with Crippen LogP contribution in [0.1, 0.15) is 5.56 Å². The molecule has 2 amide bonds. The van der Waals surface area contributed by atoms with E-state index in [0.717, 1.165) is 23.0 Å². The van der Waals surface area contributed by atoms with Crippen molar-refractivity contribution in [1.29, 1.82) is 0 Å². The smallest absolute Gasteiger partial charge is 0.282 e. The van der Waals surface area contributed by atoms with Crippen LogP contribution in [0, 0.1) is 0 Å². The minimum Gasteiger partial charge on any atom is -0.282 e. The molecule has 19 heavy (non-hydrogen) atoms. The Morgan fingerprint density at radius 1 is 1.21 bits per heavy atom. The fourth-order valence-corrected chi connectivity index (χ4v) is 2.39. The van der Waals surface area contributed by atoms with Crippen LogP contribution in [0.2, 0.25) is 0 Å². The summed E-state index contributed by atoms with van der Waals surface area (Å²) >= 11 is 0.898. The summed E-state index contributed by atoms with van der Waals surface area (Å²) in [6.45, 7) is 0. The third-order valence-electron chi connectivity index (χ3n) is 2.56. The van der Waals surface area contributed by atoms with Crippen LogP contribution in [0.3, 0.4) is 0 Å². The molecule has 2 aromatic rings. The van der Waals surface area contributed by atoms with Crippen molar-refractivity contribution < 1.29 is 9.59 Å². The Balaban J connectivity index is 1.89. The number of amides is 2. The van der Waals surface area contributed by atoms with E-state index in [4.69, 9.17) is 0 Å². The Hall–Kier alpha value is -2.34. The zero-order chi connectivity index (χ0) is 13.2. The second-order valence-corrected chi connectivity index (χ2v) is 4.92. The number of aromatic nitrogens is 2.